The van der Waals surface area contributed by atoms with Gasteiger partial charge in [-0.15, -0.1) is 4.89 Å². The normalized spacial score (nSPS) is 12.5. The Balaban J connectivity index is 4.61. The zero-order valence-corrected chi connectivity index (χ0v) is 15.3. The maximum atomic E-state index is 11.8. The number of carbonyl (C=O) groups is 2. The van der Waals surface area contributed by atoms with Crippen LogP contribution in [0.4, 0.5) is 4.79 Å². The summed E-state index contributed by atoms with van der Waals surface area (Å²) >= 11 is 0. The molecule has 0 aliphatic rings. The van der Waals surface area contributed by atoms with Crippen LogP contribution < -0.4 is 0 Å². The molecular formula is C16H28O7. The second kappa shape index (κ2) is 7.79. The predicted molar refractivity (Wildman–Crippen MR) is 83.2 cm³/mol. The van der Waals surface area contributed by atoms with E-state index in [-0.39, 0.29) is 5.57 Å². The van der Waals surface area contributed by atoms with Gasteiger partial charge in [0.1, 0.15) is 5.60 Å². The number of hydrogen-bond donors (Lipinski definition) is 0. The molecule has 0 aromatic heterocycles. The van der Waals surface area contributed by atoms with Gasteiger partial charge in [0, 0.05) is 19.4 Å². The lowest BCUT2D eigenvalue weighted by Gasteiger charge is -2.34. The van der Waals surface area contributed by atoms with E-state index in [4.69, 9.17) is 19.1 Å². The minimum atomic E-state index is -1.36. The summed E-state index contributed by atoms with van der Waals surface area (Å²) in [5.41, 5.74) is -0.461. The van der Waals surface area contributed by atoms with Gasteiger partial charge in [-0.1, -0.05) is 13.5 Å². The van der Waals surface area contributed by atoms with Crippen LogP contribution in [0.1, 0.15) is 61.8 Å². The number of ether oxygens (including phenoxy) is 3. The van der Waals surface area contributed by atoms with Crippen LogP contribution >= 0.6 is 0 Å². The third kappa shape index (κ3) is 9.20. The molecule has 0 radical (unpaired) electrons. The Morgan fingerprint density at radius 2 is 1.48 bits per heavy atom. The first-order valence-electron chi connectivity index (χ1n) is 7.37. The molecule has 0 aliphatic carbocycles. The highest BCUT2D eigenvalue weighted by molar-refractivity contribution is 5.86. The topological polar surface area (TPSA) is 80.3 Å². The molecule has 0 N–H and O–H groups in total. The van der Waals surface area contributed by atoms with E-state index in [1.165, 1.54) is 34.6 Å². The first kappa shape index (κ1) is 21.4. The Morgan fingerprint density at radius 3 is 1.91 bits per heavy atom. The molecular weight excluding hydrogens is 304 g/mol. The molecule has 0 spiro atoms. The summed E-state index contributed by atoms with van der Waals surface area (Å²) in [5, 5.41) is 0. The van der Waals surface area contributed by atoms with Gasteiger partial charge in [0.05, 0.1) is 0 Å². The van der Waals surface area contributed by atoms with Crippen molar-refractivity contribution < 1.29 is 33.6 Å². The predicted octanol–water partition coefficient (Wildman–Crippen LogP) is 3.87. The molecule has 0 aromatic rings. The van der Waals surface area contributed by atoms with Gasteiger partial charge in [-0.3, -0.25) is 4.89 Å². The molecule has 0 aromatic carbocycles. The highest BCUT2D eigenvalue weighted by Gasteiger charge is 2.36. The average Bonchev–Trinajstić information content (AvgIpc) is 2.32. The molecule has 23 heavy (non-hydrogen) atoms. The second-order valence-electron chi connectivity index (χ2n) is 6.70. The van der Waals surface area contributed by atoms with E-state index >= 15 is 0 Å². The zero-order chi connectivity index (χ0) is 18.5. The van der Waals surface area contributed by atoms with Crippen LogP contribution in [-0.2, 0) is 28.8 Å². The van der Waals surface area contributed by atoms with E-state index in [9.17, 15) is 9.59 Å². The summed E-state index contributed by atoms with van der Waals surface area (Å²) in [4.78, 5) is 32.6. The zero-order valence-electron chi connectivity index (χ0n) is 15.3. The van der Waals surface area contributed by atoms with E-state index in [0.29, 0.717) is 6.42 Å². The lowest BCUT2D eigenvalue weighted by Crippen LogP contribution is -2.43. The molecule has 0 saturated carbocycles. The van der Waals surface area contributed by atoms with Gasteiger partial charge >= 0.3 is 12.1 Å². The summed E-state index contributed by atoms with van der Waals surface area (Å²) in [6.07, 6.45) is -0.231. The van der Waals surface area contributed by atoms with Crippen LogP contribution in [0.5, 0.6) is 0 Å². The monoisotopic (exact) mass is 332 g/mol. The SMILES string of the molecule is C=C(C)C(=O)OOC(C)(C)OC(C)(C)OC(=O)OC(C)(C)CC. The van der Waals surface area contributed by atoms with E-state index in [1.807, 2.05) is 6.92 Å². The third-order valence-corrected chi connectivity index (χ3v) is 2.70. The van der Waals surface area contributed by atoms with Gasteiger partial charge in [-0.25, -0.2) is 9.59 Å². The van der Waals surface area contributed by atoms with Crippen molar-refractivity contribution in [3.63, 3.8) is 0 Å². The highest BCUT2D eigenvalue weighted by atomic mass is 17.2. The van der Waals surface area contributed by atoms with E-state index in [1.54, 1.807) is 13.8 Å². The maximum absolute atomic E-state index is 11.8. The van der Waals surface area contributed by atoms with Gasteiger partial charge < -0.3 is 14.2 Å². The van der Waals surface area contributed by atoms with Gasteiger partial charge in [0.15, 0.2) is 0 Å². The molecule has 0 aliphatic heterocycles. The summed E-state index contributed by atoms with van der Waals surface area (Å²) in [7, 11) is 0. The smallest absolute Gasteiger partial charge is 0.428 e. The van der Waals surface area contributed by atoms with E-state index < -0.39 is 29.3 Å². The minimum Gasteiger partial charge on any atom is -0.428 e. The van der Waals surface area contributed by atoms with Crippen molar-refractivity contribution in [3.05, 3.63) is 12.2 Å². The van der Waals surface area contributed by atoms with Crippen molar-refractivity contribution in [2.45, 2.75) is 79.0 Å². The lowest BCUT2D eigenvalue weighted by atomic mass is 10.1. The maximum Gasteiger partial charge on any atom is 0.511 e. The van der Waals surface area contributed by atoms with Crippen molar-refractivity contribution >= 4 is 12.1 Å². The standard InChI is InChI=1S/C16H28O7/c1-10-14(4,5)19-13(18)20-15(6,7)22-16(8,9)23-21-12(17)11(2)3/h2,10H2,1,3-9H3. The van der Waals surface area contributed by atoms with Gasteiger partial charge in [0.25, 0.3) is 0 Å². The molecule has 0 heterocycles. The lowest BCUT2D eigenvalue weighted by molar-refractivity contribution is -0.427. The van der Waals surface area contributed by atoms with Crippen LogP contribution in [0, 0.1) is 0 Å². The van der Waals surface area contributed by atoms with Crippen molar-refractivity contribution in [2.24, 2.45) is 0 Å². The molecule has 0 amide bonds. The van der Waals surface area contributed by atoms with Gasteiger partial charge in [-0.2, -0.15) is 0 Å². The van der Waals surface area contributed by atoms with Crippen LogP contribution in [0.2, 0.25) is 0 Å². The average molecular weight is 332 g/mol. The first-order valence-corrected chi connectivity index (χ1v) is 7.37. The quantitative estimate of drug-likeness (QED) is 0.219. The molecule has 0 bridgehead atoms. The summed E-state index contributed by atoms with van der Waals surface area (Å²) in [5.74, 6) is -3.43. The summed E-state index contributed by atoms with van der Waals surface area (Å²) < 4.78 is 15.9. The van der Waals surface area contributed by atoms with Gasteiger partial charge in [-0.05, 0) is 41.0 Å². The Kier molecular flexibility index (Phi) is 7.25. The number of carbonyl (C=O) groups excluding carboxylic acids is 2. The molecule has 7 heteroatoms. The Bertz CT molecular complexity index is 449. The fourth-order valence-electron chi connectivity index (χ4n) is 1.36. The fourth-order valence-corrected chi connectivity index (χ4v) is 1.36. The van der Waals surface area contributed by atoms with Gasteiger partial charge in [0.2, 0.25) is 11.6 Å². The minimum absolute atomic E-state index is 0.182. The van der Waals surface area contributed by atoms with E-state index in [0.717, 1.165) is 0 Å². The fraction of sp³-hybridized carbons (Fsp3) is 0.750. The van der Waals surface area contributed by atoms with Crippen LogP contribution in [-0.4, -0.2) is 29.3 Å². The third-order valence-electron chi connectivity index (χ3n) is 2.70. The summed E-state index contributed by atoms with van der Waals surface area (Å²) in [6.45, 7) is 16.4. The van der Waals surface area contributed by atoms with E-state index in [2.05, 4.69) is 11.5 Å². The molecule has 0 saturated heterocycles. The molecule has 7 nitrogen and oxygen atoms in total. The first-order chi connectivity index (χ1) is 10.2. The number of hydrogen-bond acceptors (Lipinski definition) is 7. The largest absolute Gasteiger partial charge is 0.511 e. The second-order valence-corrected chi connectivity index (χ2v) is 6.70. The van der Waals surface area contributed by atoms with Crippen LogP contribution in [0.3, 0.4) is 0 Å². The Labute approximate surface area is 137 Å². The van der Waals surface area contributed by atoms with Crippen LogP contribution in [0.15, 0.2) is 12.2 Å². The Hall–Kier alpha value is -1.60. The van der Waals surface area contributed by atoms with Crippen molar-refractivity contribution in [2.75, 3.05) is 0 Å². The molecule has 0 rings (SSSR count). The molecule has 0 unspecified atom stereocenters. The molecule has 0 fully saturated rings. The summed E-state index contributed by atoms with van der Waals surface area (Å²) in [6, 6.07) is 0. The molecule has 0 atom stereocenters. The van der Waals surface area contributed by atoms with Crippen molar-refractivity contribution in [3.8, 4) is 0 Å². The molecule has 134 valence electrons. The number of rotatable bonds is 8. The van der Waals surface area contributed by atoms with Crippen LogP contribution in [0.25, 0.3) is 0 Å². The van der Waals surface area contributed by atoms with Crippen molar-refractivity contribution in [1.29, 1.82) is 0 Å². The highest BCUT2D eigenvalue weighted by Crippen LogP contribution is 2.25. The van der Waals surface area contributed by atoms with Crippen molar-refractivity contribution in [1.82, 2.24) is 0 Å². The Morgan fingerprint density at radius 1 is 0.957 bits per heavy atom.